The predicted molar refractivity (Wildman–Crippen MR) is 26.3 cm³/mol. The molecule has 0 N–H and O–H groups in total. The average Bonchev–Trinajstić information content (AvgIpc) is 1.93. The van der Waals surface area contributed by atoms with E-state index in [1.54, 1.807) is 0 Å². The Bertz CT molecular complexity index is 278. The highest BCUT2D eigenvalue weighted by molar-refractivity contribution is 5.83. The van der Waals surface area contributed by atoms with Crippen LogP contribution in [0.3, 0.4) is 0 Å². The monoisotopic (exact) mass is 228 g/mol. The van der Waals surface area contributed by atoms with Gasteiger partial charge in [0, 0.05) is 0 Å². The minimum atomic E-state index is -6.09. The van der Waals surface area contributed by atoms with Crippen LogP contribution in [0.4, 0.5) is 35.1 Å². The third-order valence-corrected chi connectivity index (χ3v) is 1.28. The second kappa shape index (κ2) is 2.55. The van der Waals surface area contributed by atoms with Gasteiger partial charge >= 0.3 is 18.5 Å². The second-order valence-electron chi connectivity index (χ2n) is 2.26. The Hall–Kier alpha value is -0.930. The quantitative estimate of drug-likeness (QED) is 0.459. The van der Waals surface area contributed by atoms with Gasteiger partial charge in [0.25, 0.3) is 5.97 Å². The molecule has 0 spiro atoms. The SMILES string of the molecule is FC1=NC(F)(F)N(C(F)(F)F)C1(F)F. The van der Waals surface area contributed by atoms with E-state index in [9.17, 15) is 35.1 Å². The average molecular weight is 228 g/mol. The van der Waals surface area contributed by atoms with Gasteiger partial charge < -0.3 is 0 Å². The Morgan fingerprint density at radius 3 is 1.64 bits per heavy atom. The van der Waals surface area contributed by atoms with Crippen LogP contribution in [0, 0.1) is 0 Å². The van der Waals surface area contributed by atoms with E-state index >= 15 is 0 Å². The predicted octanol–water partition coefficient (Wildman–Crippen LogP) is 2.33. The van der Waals surface area contributed by atoms with Crippen molar-refractivity contribution in [2.45, 2.75) is 18.5 Å². The Morgan fingerprint density at radius 1 is 1.07 bits per heavy atom. The number of rotatable bonds is 0. The van der Waals surface area contributed by atoms with E-state index in [1.807, 2.05) is 0 Å². The Kier molecular flexibility index (Phi) is 2.03. The molecule has 1 heterocycles. The summed E-state index contributed by atoms with van der Waals surface area (Å²) in [4.78, 5) is -1.26. The van der Waals surface area contributed by atoms with Crippen LogP contribution in [0.1, 0.15) is 0 Å². The molecule has 1 aliphatic rings. The Balaban J connectivity index is 3.20. The summed E-state index contributed by atoms with van der Waals surface area (Å²) in [6.45, 7) is 0. The van der Waals surface area contributed by atoms with Gasteiger partial charge in [0.1, 0.15) is 0 Å². The van der Waals surface area contributed by atoms with Gasteiger partial charge in [-0.3, -0.25) is 0 Å². The maximum Gasteiger partial charge on any atom is 0.471 e. The van der Waals surface area contributed by atoms with Crippen molar-refractivity contribution in [1.82, 2.24) is 4.90 Å². The van der Waals surface area contributed by atoms with Crippen LogP contribution in [0.5, 0.6) is 0 Å². The summed E-state index contributed by atoms with van der Waals surface area (Å²) in [7, 11) is 0. The van der Waals surface area contributed by atoms with Gasteiger partial charge in [0.05, 0.1) is 0 Å². The van der Waals surface area contributed by atoms with Gasteiger partial charge in [-0.05, 0) is 0 Å². The number of nitrogens with zero attached hydrogens (tertiary/aromatic N) is 2. The van der Waals surface area contributed by atoms with Gasteiger partial charge in [-0.25, -0.2) is 0 Å². The molecule has 82 valence electrons. The Morgan fingerprint density at radius 2 is 1.50 bits per heavy atom. The van der Waals surface area contributed by atoms with E-state index < -0.39 is 29.4 Å². The maximum atomic E-state index is 12.2. The molecule has 1 aliphatic heterocycles. The zero-order valence-electron chi connectivity index (χ0n) is 5.92. The number of aliphatic imine (C=N–C) groups is 1. The molecule has 14 heavy (non-hydrogen) atoms. The van der Waals surface area contributed by atoms with Crippen LogP contribution < -0.4 is 0 Å². The largest absolute Gasteiger partial charge is 0.471 e. The van der Waals surface area contributed by atoms with E-state index in [4.69, 9.17) is 0 Å². The molecular weight excluding hydrogens is 228 g/mol. The van der Waals surface area contributed by atoms with Crippen molar-refractivity contribution in [3.8, 4) is 0 Å². The third-order valence-electron chi connectivity index (χ3n) is 1.28. The molecule has 0 unspecified atom stereocenters. The molecule has 10 heteroatoms. The zero-order chi connectivity index (χ0) is 11.4. The van der Waals surface area contributed by atoms with Crippen molar-refractivity contribution in [1.29, 1.82) is 0 Å². The first-order valence-corrected chi connectivity index (χ1v) is 2.88. The van der Waals surface area contributed by atoms with E-state index in [1.165, 1.54) is 4.99 Å². The molecule has 0 amide bonds. The lowest BCUT2D eigenvalue weighted by Gasteiger charge is -2.27. The van der Waals surface area contributed by atoms with Crippen molar-refractivity contribution in [2.24, 2.45) is 4.99 Å². The standard InChI is InChI=1S/C4F8N2/c5-1-2(6,7)14(3(8,9)10)4(11,12)13-1. The third kappa shape index (κ3) is 1.42. The van der Waals surface area contributed by atoms with Gasteiger partial charge in [0.15, 0.2) is 0 Å². The van der Waals surface area contributed by atoms with Crippen LogP contribution >= 0.6 is 0 Å². The summed E-state index contributed by atoms with van der Waals surface area (Å²) < 4.78 is 95.6. The second-order valence-corrected chi connectivity index (χ2v) is 2.26. The lowest BCUT2D eigenvalue weighted by molar-refractivity contribution is -0.379. The summed E-state index contributed by atoms with van der Waals surface area (Å²) in [6.07, 6.45) is -11.4. The molecule has 0 saturated heterocycles. The number of hydrogen-bond donors (Lipinski definition) is 0. The van der Waals surface area contributed by atoms with E-state index in [2.05, 4.69) is 0 Å². The maximum absolute atomic E-state index is 12.2. The fourth-order valence-electron chi connectivity index (χ4n) is 0.808. The molecule has 0 atom stereocenters. The van der Waals surface area contributed by atoms with Crippen molar-refractivity contribution < 1.29 is 35.1 Å². The number of hydrogen-bond acceptors (Lipinski definition) is 2. The lowest BCUT2D eigenvalue weighted by atomic mass is 10.5. The topological polar surface area (TPSA) is 15.6 Å². The Labute approximate surface area is 70.8 Å². The van der Waals surface area contributed by atoms with Crippen molar-refractivity contribution in [3.05, 3.63) is 0 Å². The fourth-order valence-corrected chi connectivity index (χ4v) is 0.808. The molecule has 0 saturated carbocycles. The summed E-state index contributed by atoms with van der Waals surface area (Å²) >= 11 is 0. The number of halogens is 8. The normalized spacial score (nSPS) is 26.4. The molecule has 0 radical (unpaired) electrons. The van der Waals surface area contributed by atoms with E-state index in [-0.39, 0.29) is 0 Å². The summed E-state index contributed by atoms with van der Waals surface area (Å²) in [5, 5.41) is 0. The van der Waals surface area contributed by atoms with Crippen LogP contribution in [-0.4, -0.2) is 29.4 Å². The van der Waals surface area contributed by atoms with Gasteiger partial charge in [-0.15, -0.1) is 0 Å². The first kappa shape index (κ1) is 11.1. The van der Waals surface area contributed by atoms with Crippen molar-refractivity contribution >= 4 is 5.97 Å². The zero-order valence-corrected chi connectivity index (χ0v) is 5.92. The molecule has 0 aromatic heterocycles. The fraction of sp³-hybridized carbons (Fsp3) is 0.750. The molecule has 0 aromatic rings. The molecule has 2 nitrogen and oxygen atoms in total. The highest BCUT2D eigenvalue weighted by atomic mass is 19.4. The molecular formula is C4F8N2. The van der Waals surface area contributed by atoms with Crippen LogP contribution in [0.25, 0.3) is 0 Å². The highest BCUT2D eigenvalue weighted by Gasteiger charge is 2.72. The van der Waals surface area contributed by atoms with Crippen LogP contribution in [0.2, 0.25) is 0 Å². The van der Waals surface area contributed by atoms with Gasteiger partial charge in [-0.1, -0.05) is 4.90 Å². The smallest absolute Gasteiger partial charge is 0.181 e. The minimum absolute atomic E-state index is 1.29. The first-order chi connectivity index (χ1) is 5.99. The molecule has 1 rings (SSSR count). The number of alkyl halides is 7. The summed E-state index contributed by atoms with van der Waals surface area (Å²) in [6, 6.07) is -5.47. The molecule has 0 bridgehead atoms. The van der Waals surface area contributed by atoms with E-state index in [0.717, 1.165) is 0 Å². The highest BCUT2D eigenvalue weighted by Crippen LogP contribution is 2.47. The first-order valence-electron chi connectivity index (χ1n) is 2.88. The lowest BCUT2D eigenvalue weighted by Crippen LogP contribution is -2.56. The van der Waals surface area contributed by atoms with Crippen LogP contribution in [-0.2, 0) is 0 Å². The van der Waals surface area contributed by atoms with Crippen molar-refractivity contribution in [3.63, 3.8) is 0 Å². The summed E-state index contributed by atoms with van der Waals surface area (Å²) in [5.41, 5.74) is 0. The van der Waals surface area contributed by atoms with E-state index in [0.29, 0.717) is 0 Å². The minimum Gasteiger partial charge on any atom is -0.181 e. The van der Waals surface area contributed by atoms with Crippen molar-refractivity contribution in [2.75, 3.05) is 0 Å². The van der Waals surface area contributed by atoms with Gasteiger partial charge in [-0.2, -0.15) is 40.1 Å². The summed E-state index contributed by atoms with van der Waals surface area (Å²) in [5.74, 6) is -3.07. The molecule has 0 aromatic carbocycles. The van der Waals surface area contributed by atoms with Crippen LogP contribution in [0.15, 0.2) is 4.99 Å². The molecule has 0 fully saturated rings. The molecule has 0 aliphatic carbocycles. The van der Waals surface area contributed by atoms with Gasteiger partial charge in [0.2, 0.25) is 0 Å².